The molecule has 5 rings (SSSR count). The Balaban J connectivity index is 1.23. The summed E-state index contributed by atoms with van der Waals surface area (Å²) in [5.74, 6) is 2.15. The number of imidazole rings is 1. The van der Waals surface area contributed by atoms with E-state index in [1.54, 1.807) is 23.9 Å². The average molecular weight is 440 g/mol. The molecule has 0 amide bonds. The van der Waals surface area contributed by atoms with Gasteiger partial charge in [0.1, 0.15) is 16.4 Å². The van der Waals surface area contributed by atoms with Crippen molar-refractivity contribution in [3.63, 3.8) is 0 Å². The van der Waals surface area contributed by atoms with E-state index in [0.29, 0.717) is 16.9 Å². The molecule has 4 aromatic heterocycles. The second-order valence-electron chi connectivity index (χ2n) is 7.43. The summed E-state index contributed by atoms with van der Waals surface area (Å²) in [4.78, 5) is 18.5. The van der Waals surface area contributed by atoms with Crippen LogP contribution in [0.2, 0.25) is 5.02 Å². The van der Waals surface area contributed by atoms with E-state index in [4.69, 9.17) is 11.6 Å². The maximum absolute atomic E-state index is 6.03. The molecule has 0 aromatic carbocycles. The first kappa shape index (κ1) is 19.0. The van der Waals surface area contributed by atoms with Crippen molar-refractivity contribution >= 4 is 56.1 Å². The Labute approximate surface area is 182 Å². The van der Waals surface area contributed by atoms with Crippen LogP contribution in [-0.4, -0.2) is 21.5 Å². The number of nitrogens with one attached hydrogen (secondary N) is 5. The topological polar surface area (TPSA) is 93.9 Å². The average Bonchev–Trinajstić information content (AvgIpc) is 3.36. The molecular formula is C21H22ClN7S+2. The minimum absolute atomic E-state index is 0.391. The molecule has 1 aliphatic rings. The summed E-state index contributed by atoms with van der Waals surface area (Å²) in [5.41, 5.74) is 5.27. The summed E-state index contributed by atoms with van der Waals surface area (Å²) in [6.45, 7) is 3.11. The lowest BCUT2D eigenvalue weighted by atomic mass is 9.91. The zero-order valence-corrected chi connectivity index (χ0v) is 18.0. The lowest BCUT2D eigenvalue weighted by molar-refractivity contribution is -0.363. The van der Waals surface area contributed by atoms with Gasteiger partial charge < -0.3 is 10.6 Å². The van der Waals surface area contributed by atoms with E-state index in [0.717, 1.165) is 47.6 Å². The molecule has 1 aliphatic carbocycles. The normalized spacial score (nSPS) is 16.5. The van der Waals surface area contributed by atoms with Crippen LogP contribution in [0.3, 0.4) is 0 Å². The first-order chi connectivity index (χ1) is 14.7. The molecule has 0 bridgehead atoms. The summed E-state index contributed by atoms with van der Waals surface area (Å²) in [6.07, 6.45) is 9.86. The lowest BCUT2D eigenvalue weighted by Gasteiger charge is -2.21. The number of nitrogens with zero attached hydrogens (tertiary/aromatic N) is 2. The molecule has 4 aromatic rings. The molecule has 7 nitrogen and oxygen atoms in total. The third kappa shape index (κ3) is 3.88. The number of halogens is 1. The number of allylic oxidation sites excluding steroid dienone is 3. The Morgan fingerprint density at radius 2 is 2.27 bits per heavy atom. The van der Waals surface area contributed by atoms with Crippen molar-refractivity contribution in [3.05, 3.63) is 58.5 Å². The molecule has 1 atom stereocenters. The Bertz CT molecular complexity index is 1270. The van der Waals surface area contributed by atoms with Crippen molar-refractivity contribution < 1.29 is 9.97 Å². The van der Waals surface area contributed by atoms with Gasteiger partial charge in [-0.25, -0.2) is 9.97 Å². The number of anilines is 2. The fourth-order valence-electron chi connectivity index (χ4n) is 3.71. The van der Waals surface area contributed by atoms with E-state index in [-0.39, 0.29) is 0 Å². The van der Waals surface area contributed by atoms with Gasteiger partial charge in [0.05, 0.1) is 11.6 Å². The standard InChI is InChI=1S/C21H20ClN7S/c1-12-8-13(4-6-23-20-18-16(5-7-30-18)25-11-26-20)2-3-15(12)27-21-28-17-9-14(22)10-24-19(17)29-21/h2-3,5,7,9-12H,4,6,8H2,1H3,(H,23,25,26)(H2,24,27,28,29)/p+2. The number of fused-ring (bicyclic) bond motifs is 2. The third-order valence-electron chi connectivity index (χ3n) is 5.25. The molecule has 0 radical (unpaired) electrons. The molecule has 9 heteroatoms. The molecule has 152 valence electrons. The Morgan fingerprint density at radius 3 is 3.17 bits per heavy atom. The van der Waals surface area contributed by atoms with Crippen LogP contribution < -0.4 is 20.6 Å². The van der Waals surface area contributed by atoms with Crippen LogP contribution in [0.15, 0.2) is 53.5 Å². The maximum Gasteiger partial charge on any atom is 0.349 e. The quantitative estimate of drug-likeness (QED) is 0.419. The maximum atomic E-state index is 6.03. The molecule has 5 N–H and O–H groups in total. The van der Waals surface area contributed by atoms with Gasteiger partial charge >= 0.3 is 11.6 Å². The van der Waals surface area contributed by atoms with E-state index in [1.807, 2.05) is 12.1 Å². The molecule has 4 heterocycles. The van der Waals surface area contributed by atoms with Crippen molar-refractivity contribution in [1.29, 1.82) is 0 Å². The van der Waals surface area contributed by atoms with Gasteiger partial charge in [-0.3, -0.25) is 4.98 Å². The van der Waals surface area contributed by atoms with Gasteiger partial charge in [-0.05, 0) is 41.4 Å². The van der Waals surface area contributed by atoms with Gasteiger partial charge in [0.2, 0.25) is 12.1 Å². The fraction of sp³-hybridized carbons (Fsp3) is 0.238. The van der Waals surface area contributed by atoms with Crippen LogP contribution in [0, 0.1) is 5.92 Å². The van der Waals surface area contributed by atoms with Gasteiger partial charge in [-0.1, -0.05) is 30.2 Å². The third-order valence-corrected chi connectivity index (χ3v) is 6.39. The van der Waals surface area contributed by atoms with Gasteiger partial charge in [-0.15, -0.1) is 16.3 Å². The predicted molar refractivity (Wildman–Crippen MR) is 121 cm³/mol. The summed E-state index contributed by atoms with van der Waals surface area (Å²) in [5, 5.41) is 9.65. The number of aromatic amines is 3. The fourth-order valence-corrected chi connectivity index (χ4v) is 4.70. The number of H-pyrrole nitrogens is 3. The molecule has 0 aliphatic heterocycles. The van der Waals surface area contributed by atoms with Crippen LogP contribution in [-0.2, 0) is 0 Å². The highest BCUT2D eigenvalue weighted by Crippen LogP contribution is 2.28. The largest absolute Gasteiger partial charge is 0.349 e. The Hall–Kier alpha value is -2.97. The summed E-state index contributed by atoms with van der Waals surface area (Å²) in [6, 6.07) is 3.90. The van der Waals surface area contributed by atoms with E-state index >= 15 is 0 Å². The SMILES string of the molecule is CC1CC(CCNc2[nH+]cnc3ccsc23)=CC=C1Nc1nc2[nH+]cc(Cl)cc2[nH]1. The molecule has 0 saturated carbocycles. The van der Waals surface area contributed by atoms with Crippen LogP contribution >= 0.6 is 22.9 Å². The van der Waals surface area contributed by atoms with Crippen molar-refractivity contribution in [2.24, 2.45) is 5.92 Å². The second-order valence-corrected chi connectivity index (χ2v) is 8.78. The molecule has 0 spiro atoms. The van der Waals surface area contributed by atoms with Crippen molar-refractivity contribution in [1.82, 2.24) is 15.0 Å². The second kappa shape index (κ2) is 8.04. The number of rotatable bonds is 6. The Kier molecular flexibility index (Phi) is 5.10. The van der Waals surface area contributed by atoms with Crippen molar-refractivity contribution in [2.75, 3.05) is 17.2 Å². The zero-order valence-electron chi connectivity index (χ0n) is 16.4. The van der Waals surface area contributed by atoms with E-state index in [1.165, 1.54) is 10.3 Å². The van der Waals surface area contributed by atoms with E-state index in [2.05, 4.69) is 60.0 Å². The van der Waals surface area contributed by atoms with Crippen LogP contribution in [0.4, 0.5) is 11.8 Å². The van der Waals surface area contributed by atoms with E-state index < -0.39 is 0 Å². The molecule has 1 unspecified atom stereocenters. The predicted octanol–water partition coefficient (Wildman–Crippen LogP) is 4.22. The number of hydrogen-bond donors (Lipinski definition) is 3. The van der Waals surface area contributed by atoms with Gasteiger partial charge in [0.15, 0.2) is 5.52 Å². The number of pyridine rings is 1. The first-order valence-corrected chi connectivity index (χ1v) is 11.1. The summed E-state index contributed by atoms with van der Waals surface area (Å²) in [7, 11) is 0. The van der Waals surface area contributed by atoms with Crippen LogP contribution in [0.25, 0.3) is 21.4 Å². The van der Waals surface area contributed by atoms with Gasteiger partial charge in [-0.2, -0.15) is 0 Å². The van der Waals surface area contributed by atoms with Crippen molar-refractivity contribution in [3.8, 4) is 0 Å². The minimum Gasteiger partial charge on any atom is -0.308 e. The monoisotopic (exact) mass is 439 g/mol. The van der Waals surface area contributed by atoms with E-state index in [9.17, 15) is 0 Å². The van der Waals surface area contributed by atoms with Crippen LogP contribution in [0.5, 0.6) is 0 Å². The number of aromatic nitrogens is 5. The summed E-state index contributed by atoms with van der Waals surface area (Å²) < 4.78 is 1.17. The van der Waals surface area contributed by atoms with Gasteiger partial charge in [0, 0.05) is 11.6 Å². The van der Waals surface area contributed by atoms with Crippen molar-refractivity contribution in [2.45, 2.75) is 19.8 Å². The first-order valence-electron chi connectivity index (χ1n) is 9.87. The highest BCUT2D eigenvalue weighted by Gasteiger charge is 2.20. The lowest BCUT2D eigenvalue weighted by Crippen LogP contribution is -2.17. The molecular weight excluding hydrogens is 418 g/mol. The zero-order chi connectivity index (χ0) is 20.5. The minimum atomic E-state index is 0.391. The smallest absolute Gasteiger partial charge is 0.308 e. The highest BCUT2D eigenvalue weighted by molar-refractivity contribution is 7.17. The molecule has 30 heavy (non-hydrogen) atoms. The van der Waals surface area contributed by atoms with Gasteiger partial charge in [0.25, 0.3) is 0 Å². The number of hydrogen-bond acceptors (Lipinski definition) is 5. The molecule has 0 saturated heterocycles. The van der Waals surface area contributed by atoms with Crippen LogP contribution in [0.1, 0.15) is 19.8 Å². The Morgan fingerprint density at radius 1 is 1.33 bits per heavy atom. The molecule has 0 fully saturated rings. The highest BCUT2D eigenvalue weighted by atomic mass is 35.5. The summed E-state index contributed by atoms with van der Waals surface area (Å²) >= 11 is 7.73. The number of thiophene rings is 1.